The van der Waals surface area contributed by atoms with Crippen molar-refractivity contribution in [2.45, 2.75) is 78.2 Å². The largest absolute Gasteiger partial charge is 0.458 e. The van der Waals surface area contributed by atoms with Crippen LogP contribution < -0.4 is 0 Å². The second kappa shape index (κ2) is 7.21. The first-order valence-corrected chi connectivity index (χ1v) is 12.1. The van der Waals surface area contributed by atoms with Crippen LogP contribution in [0.4, 0.5) is 0 Å². The number of carbonyl (C=O) groups excluding carboxylic acids is 2. The second-order valence-electron chi connectivity index (χ2n) is 11.3. The maximum absolute atomic E-state index is 12.7. The van der Waals surface area contributed by atoms with E-state index in [4.69, 9.17) is 4.74 Å². The number of esters is 1. The van der Waals surface area contributed by atoms with Crippen molar-refractivity contribution in [2.75, 3.05) is 0 Å². The predicted molar refractivity (Wildman–Crippen MR) is 117 cm³/mol. The Labute approximate surface area is 181 Å². The standard InChI is InChI=1S/C27H36O3/c1-17-16-27(3)19(15-23(17)30-25(29)18-7-5-4-6-8-18)9-10-20-21-11-12-24(28)26(21,2)14-13-22(20)27/h4-8,17,19-23H,9-16H2,1-3H3/t17-,19-,20-,21+,22+,23-,26+,27+/m1/s1. The average Bonchev–Trinajstić information content (AvgIpc) is 3.04. The molecule has 1 aromatic rings. The van der Waals surface area contributed by atoms with Crippen molar-refractivity contribution in [3.63, 3.8) is 0 Å². The van der Waals surface area contributed by atoms with Crippen molar-refractivity contribution in [2.24, 2.45) is 40.4 Å². The van der Waals surface area contributed by atoms with E-state index in [2.05, 4.69) is 20.8 Å². The fourth-order valence-electron chi connectivity index (χ4n) is 8.29. The Kier molecular flexibility index (Phi) is 4.87. The van der Waals surface area contributed by atoms with E-state index in [1.807, 2.05) is 30.3 Å². The van der Waals surface area contributed by atoms with Crippen LogP contribution in [0, 0.1) is 40.4 Å². The molecule has 4 fully saturated rings. The first-order valence-electron chi connectivity index (χ1n) is 12.1. The van der Waals surface area contributed by atoms with Gasteiger partial charge in [0.2, 0.25) is 0 Å². The maximum atomic E-state index is 12.7. The number of benzene rings is 1. The van der Waals surface area contributed by atoms with Gasteiger partial charge in [0.25, 0.3) is 0 Å². The first kappa shape index (κ1) is 20.3. The van der Waals surface area contributed by atoms with Gasteiger partial charge in [0, 0.05) is 11.8 Å². The van der Waals surface area contributed by atoms with E-state index in [1.165, 1.54) is 19.3 Å². The molecule has 0 spiro atoms. The van der Waals surface area contributed by atoms with Crippen LogP contribution in [0.1, 0.15) is 82.5 Å². The van der Waals surface area contributed by atoms with Gasteiger partial charge in [-0.15, -0.1) is 0 Å². The summed E-state index contributed by atoms with van der Waals surface area (Å²) < 4.78 is 6.04. The lowest BCUT2D eigenvalue weighted by molar-refractivity contribution is -0.148. The Balaban J connectivity index is 1.33. The van der Waals surface area contributed by atoms with Crippen LogP contribution in [0.2, 0.25) is 0 Å². The van der Waals surface area contributed by atoms with Gasteiger partial charge in [-0.3, -0.25) is 4.79 Å². The number of rotatable bonds is 2. The molecule has 5 rings (SSSR count). The normalized spacial score (nSPS) is 45.2. The summed E-state index contributed by atoms with van der Waals surface area (Å²) in [6.07, 6.45) is 8.86. The van der Waals surface area contributed by atoms with Crippen LogP contribution in [-0.2, 0) is 9.53 Å². The smallest absolute Gasteiger partial charge is 0.338 e. The summed E-state index contributed by atoms with van der Waals surface area (Å²) in [7, 11) is 0. The van der Waals surface area contributed by atoms with Gasteiger partial charge < -0.3 is 4.74 Å². The molecule has 4 aliphatic rings. The number of carbonyl (C=O) groups is 2. The zero-order valence-electron chi connectivity index (χ0n) is 18.7. The summed E-state index contributed by atoms with van der Waals surface area (Å²) in [6, 6.07) is 9.39. The molecule has 0 amide bonds. The molecular weight excluding hydrogens is 372 g/mol. The number of ketones is 1. The van der Waals surface area contributed by atoms with Crippen LogP contribution in [0.25, 0.3) is 0 Å². The van der Waals surface area contributed by atoms with Gasteiger partial charge in [0.05, 0.1) is 5.56 Å². The van der Waals surface area contributed by atoms with Gasteiger partial charge in [-0.05, 0) is 92.1 Å². The van der Waals surface area contributed by atoms with Gasteiger partial charge in [-0.1, -0.05) is 39.0 Å². The minimum atomic E-state index is -0.178. The zero-order chi connectivity index (χ0) is 21.1. The molecule has 1 aromatic carbocycles. The van der Waals surface area contributed by atoms with E-state index in [9.17, 15) is 9.59 Å². The number of ether oxygens (including phenoxy) is 1. The highest BCUT2D eigenvalue weighted by molar-refractivity contribution is 5.89. The van der Waals surface area contributed by atoms with E-state index in [-0.39, 0.29) is 17.5 Å². The van der Waals surface area contributed by atoms with Gasteiger partial charge in [-0.2, -0.15) is 0 Å². The monoisotopic (exact) mass is 408 g/mol. The third-order valence-corrected chi connectivity index (χ3v) is 9.96. The van der Waals surface area contributed by atoms with Crippen LogP contribution in [-0.4, -0.2) is 17.9 Å². The molecule has 162 valence electrons. The molecule has 4 aliphatic carbocycles. The van der Waals surface area contributed by atoms with E-state index in [0.717, 1.165) is 38.0 Å². The minimum Gasteiger partial charge on any atom is -0.458 e. The lowest BCUT2D eigenvalue weighted by atomic mass is 9.44. The lowest BCUT2D eigenvalue weighted by Gasteiger charge is -2.61. The van der Waals surface area contributed by atoms with Gasteiger partial charge in [0.15, 0.2) is 0 Å². The molecule has 0 radical (unpaired) electrons. The van der Waals surface area contributed by atoms with Crippen molar-refractivity contribution >= 4 is 11.8 Å². The topological polar surface area (TPSA) is 43.4 Å². The summed E-state index contributed by atoms with van der Waals surface area (Å²) >= 11 is 0. The molecule has 3 heteroatoms. The molecule has 4 saturated carbocycles. The predicted octanol–water partition coefficient (Wildman–Crippen LogP) is 6.07. The van der Waals surface area contributed by atoms with Crippen molar-refractivity contribution in [3.8, 4) is 0 Å². The van der Waals surface area contributed by atoms with Crippen molar-refractivity contribution in [1.29, 1.82) is 0 Å². The van der Waals surface area contributed by atoms with Crippen LogP contribution in [0.3, 0.4) is 0 Å². The van der Waals surface area contributed by atoms with Crippen LogP contribution in [0.15, 0.2) is 30.3 Å². The summed E-state index contributed by atoms with van der Waals surface area (Å²) in [5.41, 5.74) is 0.933. The van der Waals surface area contributed by atoms with Gasteiger partial charge in [0.1, 0.15) is 11.9 Å². The molecular formula is C27H36O3. The van der Waals surface area contributed by atoms with E-state index in [0.29, 0.717) is 40.4 Å². The Morgan fingerprint density at radius 2 is 1.80 bits per heavy atom. The number of fused-ring (bicyclic) bond motifs is 5. The van der Waals surface area contributed by atoms with Gasteiger partial charge >= 0.3 is 5.97 Å². The zero-order valence-corrected chi connectivity index (χ0v) is 18.7. The molecule has 0 aliphatic heterocycles. The van der Waals surface area contributed by atoms with Crippen molar-refractivity contribution < 1.29 is 14.3 Å². The Morgan fingerprint density at radius 3 is 2.57 bits per heavy atom. The average molecular weight is 409 g/mol. The molecule has 3 nitrogen and oxygen atoms in total. The number of Topliss-reactive ketones (excluding diaryl/α,β-unsaturated/α-hetero) is 1. The van der Waals surface area contributed by atoms with Crippen molar-refractivity contribution in [3.05, 3.63) is 35.9 Å². The molecule has 0 unspecified atom stereocenters. The minimum absolute atomic E-state index is 0.0224. The highest BCUT2D eigenvalue weighted by atomic mass is 16.5. The molecule has 0 aromatic heterocycles. The van der Waals surface area contributed by atoms with E-state index < -0.39 is 0 Å². The summed E-state index contributed by atoms with van der Waals surface area (Å²) in [4.78, 5) is 25.3. The molecule has 8 atom stereocenters. The Hall–Kier alpha value is -1.64. The second-order valence-corrected chi connectivity index (χ2v) is 11.3. The van der Waals surface area contributed by atoms with Gasteiger partial charge in [-0.25, -0.2) is 4.79 Å². The van der Waals surface area contributed by atoms with Crippen LogP contribution in [0.5, 0.6) is 0 Å². The maximum Gasteiger partial charge on any atom is 0.338 e. The summed E-state index contributed by atoms with van der Waals surface area (Å²) in [5.74, 6) is 3.41. The molecule has 0 N–H and O–H groups in total. The number of hydrogen-bond donors (Lipinski definition) is 0. The van der Waals surface area contributed by atoms with Crippen molar-refractivity contribution in [1.82, 2.24) is 0 Å². The highest BCUT2D eigenvalue weighted by Gasteiger charge is 2.61. The number of hydrogen-bond acceptors (Lipinski definition) is 3. The molecule has 0 bridgehead atoms. The fraction of sp³-hybridized carbons (Fsp3) is 0.704. The first-order chi connectivity index (χ1) is 14.3. The Bertz CT molecular complexity index is 832. The molecule has 0 saturated heterocycles. The van der Waals surface area contributed by atoms with Crippen LogP contribution >= 0.6 is 0 Å². The summed E-state index contributed by atoms with van der Waals surface area (Å²) in [5, 5.41) is 0. The molecule has 0 heterocycles. The summed E-state index contributed by atoms with van der Waals surface area (Å²) in [6.45, 7) is 7.07. The third kappa shape index (κ3) is 2.99. The third-order valence-electron chi connectivity index (χ3n) is 9.96. The SMILES string of the molecule is C[C@@H]1C[C@@]2(C)[C@H](CC[C@H]3[C@@H]2CC[C@]2(C)C(=O)CC[C@@H]32)C[C@H]1OC(=O)c1ccccc1. The quantitative estimate of drug-likeness (QED) is 0.558. The van der Waals surface area contributed by atoms with E-state index in [1.54, 1.807) is 0 Å². The molecule has 30 heavy (non-hydrogen) atoms. The Morgan fingerprint density at radius 1 is 1.03 bits per heavy atom. The highest BCUT2D eigenvalue weighted by Crippen LogP contribution is 2.66. The van der Waals surface area contributed by atoms with E-state index >= 15 is 0 Å². The lowest BCUT2D eigenvalue weighted by Crippen LogP contribution is -2.55. The fourth-order valence-corrected chi connectivity index (χ4v) is 8.29.